The van der Waals surface area contributed by atoms with Gasteiger partial charge in [-0.2, -0.15) is 0 Å². The smallest absolute Gasteiger partial charge is 0.126 e. The standard InChI is InChI=1S/C10H14FNO/c11-10-4-3-8(7-13)6-9(10)2-1-5-12/h3-4,6,13H,1-2,5,7,12H2. The van der Waals surface area contributed by atoms with E-state index >= 15 is 0 Å². The van der Waals surface area contributed by atoms with Gasteiger partial charge < -0.3 is 10.8 Å². The van der Waals surface area contributed by atoms with Gasteiger partial charge in [0.25, 0.3) is 0 Å². The lowest BCUT2D eigenvalue weighted by atomic mass is 10.1. The number of halogens is 1. The zero-order valence-corrected chi connectivity index (χ0v) is 7.46. The fourth-order valence-electron chi connectivity index (χ4n) is 1.21. The zero-order valence-electron chi connectivity index (χ0n) is 7.46. The first-order chi connectivity index (χ1) is 6.27. The first-order valence-electron chi connectivity index (χ1n) is 4.36. The van der Waals surface area contributed by atoms with E-state index in [2.05, 4.69) is 0 Å². The van der Waals surface area contributed by atoms with Gasteiger partial charge in [-0.05, 0) is 36.6 Å². The van der Waals surface area contributed by atoms with Crippen LogP contribution in [0.5, 0.6) is 0 Å². The highest BCUT2D eigenvalue weighted by molar-refractivity contribution is 5.24. The molecule has 1 aromatic rings. The number of rotatable bonds is 4. The molecule has 0 aromatic heterocycles. The van der Waals surface area contributed by atoms with Crippen molar-refractivity contribution in [1.82, 2.24) is 0 Å². The van der Waals surface area contributed by atoms with Gasteiger partial charge in [0.05, 0.1) is 6.61 Å². The van der Waals surface area contributed by atoms with Gasteiger partial charge in [-0.3, -0.25) is 0 Å². The molecule has 13 heavy (non-hydrogen) atoms. The lowest BCUT2D eigenvalue weighted by Gasteiger charge is -2.04. The molecule has 1 aromatic carbocycles. The molecule has 0 bridgehead atoms. The zero-order chi connectivity index (χ0) is 9.68. The maximum atomic E-state index is 13.1. The van der Waals surface area contributed by atoms with E-state index in [-0.39, 0.29) is 12.4 Å². The van der Waals surface area contributed by atoms with E-state index in [0.29, 0.717) is 18.5 Å². The molecule has 3 N–H and O–H groups in total. The Bertz CT molecular complexity index is 276. The van der Waals surface area contributed by atoms with Crippen molar-refractivity contribution in [3.05, 3.63) is 35.1 Å². The molecule has 2 nitrogen and oxygen atoms in total. The normalized spacial score (nSPS) is 10.4. The van der Waals surface area contributed by atoms with Crippen LogP contribution in [0.2, 0.25) is 0 Å². The van der Waals surface area contributed by atoms with E-state index in [1.165, 1.54) is 6.07 Å². The average Bonchev–Trinajstić information content (AvgIpc) is 2.17. The van der Waals surface area contributed by atoms with Gasteiger partial charge >= 0.3 is 0 Å². The molecule has 0 aliphatic carbocycles. The topological polar surface area (TPSA) is 46.2 Å². The fourth-order valence-corrected chi connectivity index (χ4v) is 1.21. The number of nitrogens with two attached hydrogens (primary N) is 1. The molecule has 72 valence electrons. The SMILES string of the molecule is NCCCc1cc(CO)ccc1F. The van der Waals surface area contributed by atoms with Crippen molar-refractivity contribution in [3.63, 3.8) is 0 Å². The van der Waals surface area contributed by atoms with Crippen LogP contribution >= 0.6 is 0 Å². The summed E-state index contributed by atoms with van der Waals surface area (Å²) in [5.41, 5.74) is 6.71. The lowest BCUT2D eigenvalue weighted by Crippen LogP contribution is -2.02. The highest BCUT2D eigenvalue weighted by atomic mass is 19.1. The van der Waals surface area contributed by atoms with E-state index in [1.54, 1.807) is 12.1 Å². The second-order valence-electron chi connectivity index (χ2n) is 2.98. The molecule has 0 heterocycles. The summed E-state index contributed by atoms with van der Waals surface area (Å²) >= 11 is 0. The maximum absolute atomic E-state index is 13.1. The molecule has 0 unspecified atom stereocenters. The molecule has 3 heteroatoms. The van der Waals surface area contributed by atoms with Gasteiger partial charge in [0, 0.05) is 0 Å². The molecule has 0 saturated carbocycles. The van der Waals surface area contributed by atoms with E-state index in [9.17, 15) is 4.39 Å². The third kappa shape index (κ3) is 2.79. The molecule has 0 saturated heterocycles. The van der Waals surface area contributed by atoms with Crippen LogP contribution < -0.4 is 5.73 Å². The van der Waals surface area contributed by atoms with Crippen LogP contribution in [0.1, 0.15) is 17.5 Å². The lowest BCUT2D eigenvalue weighted by molar-refractivity contribution is 0.281. The first-order valence-corrected chi connectivity index (χ1v) is 4.36. The van der Waals surface area contributed by atoms with Crippen LogP contribution in [-0.4, -0.2) is 11.7 Å². The Balaban J connectivity index is 2.78. The van der Waals surface area contributed by atoms with Crippen molar-refractivity contribution >= 4 is 0 Å². The second-order valence-corrected chi connectivity index (χ2v) is 2.98. The number of hydrogen-bond acceptors (Lipinski definition) is 2. The molecule has 0 spiro atoms. The van der Waals surface area contributed by atoms with Crippen LogP contribution in [0.4, 0.5) is 4.39 Å². The third-order valence-electron chi connectivity index (χ3n) is 1.94. The summed E-state index contributed by atoms with van der Waals surface area (Å²) in [4.78, 5) is 0. The van der Waals surface area contributed by atoms with Crippen LogP contribution in [0.25, 0.3) is 0 Å². The minimum absolute atomic E-state index is 0.0457. The van der Waals surface area contributed by atoms with Crippen molar-refractivity contribution in [2.24, 2.45) is 5.73 Å². The minimum Gasteiger partial charge on any atom is -0.392 e. The van der Waals surface area contributed by atoms with Crippen molar-refractivity contribution < 1.29 is 9.50 Å². The van der Waals surface area contributed by atoms with Crippen molar-refractivity contribution in [1.29, 1.82) is 0 Å². The molecule has 0 atom stereocenters. The largest absolute Gasteiger partial charge is 0.392 e. The maximum Gasteiger partial charge on any atom is 0.126 e. The number of aliphatic hydroxyl groups excluding tert-OH is 1. The summed E-state index contributed by atoms with van der Waals surface area (Å²) in [6, 6.07) is 4.66. The van der Waals surface area contributed by atoms with Crippen LogP contribution in [-0.2, 0) is 13.0 Å². The Labute approximate surface area is 77.2 Å². The van der Waals surface area contributed by atoms with Gasteiger partial charge in [0.1, 0.15) is 5.82 Å². The molecule has 0 fully saturated rings. The Morgan fingerprint density at radius 3 is 2.77 bits per heavy atom. The predicted octanol–water partition coefficient (Wildman–Crippen LogP) is 1.21. The van der Waals surface area contributed by atoms with Gasteiger partial charge in [0.15, 0.2) is 0 Å². The Morgan fingerprint density at radius 2 is 2.15 bits per heavy atom. The quantitative estimate of drug-likeness (QED) is 0.737. The van der Waals surface area contributed by atoms with E-state index in [0.717, 1.165) is 12.0 Å². The van der Waals surface area contributed by atoms with Crippen molar-refractivity contribution in [2.45, 2.75) is 19.4 Å². The van der Waals surface area contributed by atoms with Gasteiger partial charge in [-0.1, -0.05) is 12.1 Å². The van der Waals surface area contributed by atoms with Gasteiger partial charge in [-0.15, -0.1) is 0 Å². The summed E-state index contributed by atoms with van der Waals surface area (Å²) in [6.07, 6.45) is 1.40. The van der Waals surface area contributed by atoms with Crippen LogP contribution in [0.15, 0.2) is 18.2 Å². The predicted molar refractivity (Wildman–Crippen MR) is 49.7 cm³/mol. The highest BCUT2D eigenvalue weighted by Crippen LogP contribution is 2.12. The highest BCUT2D eigenvalue weighted by Gasteiger charge is 2.02. The number of benzene rings is 1. The third-order valence-corrected chi connectivity index (χ3v) is 1.94. The van der Waals surface area contributed by atoms with Crippen molar-refractivity contribution in [3.8, 4) is 0 Å². The van der Waals surface area contributed by atoms with Crippen molar-refractivity contribution in [2.75, 3.05) is 6.54 Å². The summed E-state index contributed by atoms with van der Waals surface area (Å²) in [6.45, 7) is 0.513. The molecule has 0 amide bonds. The summed E-state index contributed by atoms with van der Waals surface area (Å²) in [7, 11) is 0. The number of aryl methyl sites for hydroxylation is 1. The van der Waals surface area contributed by atoms with E-state index in [4.69, 9.17) is 10.8 Å². The summed E-state index contributed by atoms with van der Waals surface area (Å²) in [5, 5.41) is 8.83. The Morgan fingerprint density at radius 1 is 1.38 bits per heavy atom. The van der Waals surface area contributed by atoms with Gasteiger partial charge in [-0.25, -0.2) is 4.39 Å². The monoisotopic (exact) mass is 183 g/mol. The molecular weight excluding hydrogens is 169 g/mol. The van der Waals surface area contributed by atoms with Crippen LogP contribution in [0.3, 0.4) is 0 Å². The first kappa shape index (κ1) is 10.2. The molecule has 0 radical (unpaired) electrons. The molecule has 0 aliphatic rings. The Hall–Kier alpha value is -0.930. The molecule has 1 rings (SSSR count). The fraction of sp³-hybridized carbons (Fsp3) is 0.400. The summed E-state index contributed by atoms with van der Waals surface area (Å²) < 4.78 is 13.1. The van der Waals surface area contributed by atoms with E-state index in [1.807, 2.05) is 0 Å². The van der Waals surface area contributed by atoms with Crippen LogP contribution in [0, 0.1) is 5.82 Å². The van der Waals surface area contributed by atoms with E-state index < -0.39 is 0 Å². The minimum atomic E-state index is -0.217. The average molecular weight is 183 g/mol. The van der Waals surface area contributed by atoms with Gasteiger partial charge in [0.2, 0.25) is 0 Å². The number of hydrogen-bond donors (Lipinski definition) is 2. The second kappa shape index (κ2) is 4.94. The number of aliphatic hydroxyl groups is 1. The Kier molecular flexibility index (Phi) is 3.86. The summed E-state index contributed by atoms with van der Waals surface area (Å²) in [5.74, 6) is -0.217. The molecular formula is C10H14FNO. The molecule has 0 aliphatic heterocycles.